The highest BCUT2D eigenvalue weighted by Crippen LogP contribution is 2.14. The van der Waals surface area contributed by atoms with Crippen LogP contribution in [-0.4, -0.2) is 23.1 Å². The average Bonchev–Trinajstić information content (AvgIpc) is 2.60. The van der Waals surface area contributed by atoms with E-state index in [1.807, 2.05) is 6.92 Å². The molecular weight excluding hydrogens is 310 g/mol. The Morgan fingerprint density at radius 2 is 1.92 bits per heavy atom. The van der Waals surface area contributed by atoms with Crippen molar-refractivity contribution in [2.45, 2.75) is 13.8 Å². The van der Waals surface area contributed by atoms with E-state index >= 15 is 0 Å². The van der Waals surface area contributed by atoms with Gasteiger partial charge in [-0.3, -0.25) is 14.9 Å². The van der Waals surface area contributed by atoms with Crippen LogP contribution in [0.15, 0.2) is 53.6 Å². The molecule has 0 saturated carbocycles. The Morgan fingerprint density at radius 3 is 2.54 bits per heavy atom. The number of rotatable bonds is 6. The van der Waals surface area contributed by atoms with Gasteiger partial charge in [-0.2, -0.15) is 5.10 Å². The van der Waals surface area contributed by atoms with Gasteiger partial charge in [0.2, 0.25) is 0 Å². The number of carbonyl (C=O) groups is 1. The smallest absolute Gasteiger partial charge is 0.271 e. The third kappa shape index (κ3) is 4.39. The average molecular weight is 327 g/mol. The molecule has 0 aromatic heterocycles. The van der Waals surface area contributed by atoms with Gasteiger partial charge in [-0.25, -0.2) is 5.43 Å². The van der Waals surface area contributed by atoms with Gasteiger partial charge in [0.1, 0.15) is 5.75 Å². The number of nitro groups is 1. The molecule has 0 spiro atoms. The fourth-order valence-electron chi connectivity index (χ4n) is 1.98. The van der Waals surface area contributed by atoms with Crippen LogP contribution in [0.1, 0.15) is 29.8 Å². The van der Waals surface area contributed by atoms with Gasteiger partial charge >= 0.3 is 0 Å². The number of hydrogen-bond acceptors (Lipinski definition) is 5. The highest BCUT2D eigenvalue weighted by atomic mass is 16.6. The van der Waals surface area contributed by atoms with Crippen molar-refractivity contribution in [3.05, 3.63) is 69.8 Å². The summed E-state index contributed by atoms with van der Waals surface area (Å²) >= 11 is 0. The van der Waals surface area contributed by atoms with Crippen LogP contribution < -0.4 is 10.2 Å². The lowest BCUT2D eigenvalue weighted by Crippen LogP contribution is -2.19. The van der Waals surface area contributed by atoms with Gasteiger partial charge in [0.25, 0.3) is 11.6 Å². The number of nitrogens with one attached hydrogen (secondary N) is 1. The van der Waals surface area contributed by atoms with Crippen LogP contribution >= 0.6 is 0 Å². The number of carbonyl (C=O) groups excluding carboxylic acids is 1. The van der Waals surface area contributed by atoms with Crippen LogP contribution in [-0.2, 0) is 0 Å². The van der Waals surface area contributed by atoms with Crippen molar-refractivity contribution < 1.29 is 14.5 Å². The van der Waals surface area contributed by atoms with Crippen molar-refractivity contribution in [2.75, 3.05) is 6.61 Å². The summed E-state index contributed by atoms with van der Waals surface area (Å²) in [7, 11) is 0. The second-order valence-electron chi connectivity index (χ2n) is 4.90. The largest absolute Gasteiger partial charge is 0.494 e. The summed E-state index contributed by atoms with van der Waals surface area (Å²) in [5.41, 5.74) is 3.88. The van der Waals surface area contributed by atoms with Crippen LogP contribution in [0.2, 0.25) is 0 Å². The fourth-order valence-corrected chi connectivity index (χ4v) is 1.98. The standard InChI is InChI=1S/C17H17N3O4/c1-3-24-16-9-7-13(8-10-16)17(21)19-18-12(2)14-5-4-6-15(11-14)20(22)23/h4-11H,3H2,1-2H3,(H,19,21). The number of nitro benzene ring substituents is 1. The van der Waals surface area contributed by atoms with Crippen LogP contribution in [0.3, 0.4) is 0 Å². The first-order valence-electron chi connectivity index (χ1n) is 7.33. The lowest BCUT2D eigenvalue weighted by molar-refractivity contribution is -0.384. The Hall–Kier alpha value is -3.22. The molecule has 7 heteroatoms. The van der Waals surface area contributed by atoms with Crippen molar-refractivity contribution in [1.29, 1.82) is 0 Å². The molecule has 1 N–H and O–H groups in total. The molecule has 1 amide bonds. The van der Waals surface area contributed by atoms with Crippen molar-refractivity contribution in [2.24, 2.45) is 5.10 Å². The number of amides is 1. The molecule has 7 nitrogen and oxygen atoms in total. The van der Waals surface area contributed by atoms with Gasteiger partial charge in [0.05, 0.1) is 17.2 Å². The summed E-state index contributed by atoms with van der Waals surface area (Å²) in [6.07, 6.45) is 0. The summed E-state index contributed by atoms with van der Waals surface area (Å²) in [6.45, 7) is 4.10. The minimum atomic E-state index is -0.477. The number of hydrogen-bond donors (Lipinski definition) is 1. The predicted molar refractivity (Wildman–Crippen MR) is 90.4 cm³/mol. The first-order chi connectivity index (χ1) is 11.5. The Morgan fingerprint density at radius 1 is 1.21 bits per heavy atom. The summed E-state index contributed by atoms with van der Waals surface area (Å²) in [6, 6.07) is 12.7. The van der Waals surface area contributed by atoms with Crippen molar-refractivity contribution >= 4 is 17.3 Å². The summed E-state index contributed by atoms with van der Waals surface area (Å²) in [5, 5.41) is 14.8. The summed E-state index contributed by atoms with van der Waals surface area (Å²) < 4.78 is 5.31. The van der Waals surface area contributed by atoms with E-state index in [1.165, 1.54) is 12.1 Å². The minimum Gasteiger partial charge on any atom is -0.494 e. The number of non-ortho nitro benzene ring substituents is 1. The zero-order valence-corrected chi connectivity index (χ0v) is 13.4. The molecule has 0 atom stereocenters. The number of hydrazone groups is 1. The van der Waals surface area contributed by atoms with E-state index < -0.39 is 4.92 Å². The molecule has 124 valence electrons. The van der Waals surface area contributed by atoms with Gasteiger partial charge in [-0.1, -0.05) is 12.1 Å². The monoisotopic (exact) mass is 327 g/mol. The van der Waals surface area contributed by atoms with Crippen molar-refractivity contribution in [3.63, 3.8) is 0 Å². The first kappa shape index (κ1) is 17.1. The van der Waals surface area contributed by atoms with Gasteiger partial charge in [-0.05, 0) is 38.1 Å². The highest BCUT2D eigenvalue weighted by molar-refractivity contribution is 6.01. The molecule has 0 unspecified atom stereocenters. The number of benzene rings is 2. The third-order valence-corrected chi connectivity index (χ3v) is 3.23. The lowest BCUT2D eigenvalue weighted by atomic mass is 10.1. The SMILES string of the molecule is CCOc1ccc(C(=O)NN=C(C)c2cccc([N+](=O)[O-])c2)cc1. The molecule has 0 saturated heterocycles. The Balaban J connectivity index is 2.07. The van der Waals surface area contributed by atoms with E-state index in [0.717, 1.165) is 0 Å². The van der Waals surface area contributed by atoms with E-state index in [9.17, 15) is 14.9 Å². The Bertz CT molecular complexity index is 770. The maximum atomic E-state index is 12.1. The first-order valence-corrected chi connectivity index (χ1v) is 7.33. The van der Waals surface area contributed by atoms with E-state index in [1.54, 1.807) is 43.3 Å². The molecule has 0 aliphatic rings. The minimum absolute atomic E-state index is 0.0279. The molecule has 0 bridgehead atoms. The van der Waals surface area contributed by atoms with Crippen molar-refractivity contribution in [1.82, 2.24) is 5.43 Å². The maximum absolute atomic E-state index is 12.1. The van der Waals surface area contributed by atoms with Crippen LogP contribution in [0.25, 0.3) is 0 Å². The maximum Gasteiger partial charge on any atom is 0.271 e. The van der Waals surface area contributed by atoms with Gasteiger partial charge in [-0.15, -0.1) is 0 Å². The Labute approximate surface area is 139 Å². The molecular formula is C17H17N3O4. The summed E-state index contributed by atoms with van der Waals surface area (Å²) in [4.78, 5) is 22.4. The zero-order valence-electron chi connectivity index (χ0n) is 13.4. The second kappa shape index (κ2) is 7.87. The van der Waals surface area contributed by atoms with Crippen LogP contribution in [0, 0.1) is 10.1 Å². The quantitative estimate of drug-likeness (QED) is 0.501. The normalized spacial score (nSPS) is 11.0. The third-order valence-electron chi connectivity index (χ3n) is 3.23. The van der Waals surface area contributed by atoms with E-state index in [0.29, 0.717) is 29.2 Å². The molecule has 2 aromatic carbocycles. The van der Waals surface area contributed by atoms with Crippen molar-refractivity contribution in [3.8, 4) is 5.75 Å². The number of nitrogens with zero attached hydrogens (tertiary/aromatic N) is 2. The molecule has 24 heavy (non-hydrogen) atoms. The van der Waals surface area contributed by atoms with Gasteiger partial charge in [0, 0.05) is 23.3 Å². The molecule has 0 heterocycles. The Kier molecular flexibility index (Phi) is 5.62. The molecule has 0 aliphatic carbocycles. The molecule has 0 fully saturated rings. The van der Waals surface area contributed by atoms with Gasteiger partial charge in [0.15, 0.2) is 0 Å². The van der Waals surface area contributed by atoms with E-state index in [2.05, 4.69) is 10.5 Å². The van der Waals surface area contributed by atoms with E-state index in [4.69, 9.17) is 4.74 Å². The predicted octanol–water partition coefficient (Wildman–Crippen LogP) is 3.15. The molecule has 2 rings (SSSR count). The molecule has 0 aliphatic heterocycles. The summed E-state index contributed by atoms with van der Waals surface area (Å²) in [5.74, 6) is 0.313. The fraction of sp³-hybridized carbons (Fsp3) is 0.176. The van der Waals surface area contributed by atoms with Gasteiger partial charge < -0.3 is 4.74 Å². The zero-order chi connectivity index (χ0) is 17.5. The topological polar surface area (TPSA) is 93.8 Å². The second-order valence-corrected chi connectivity index (χ2v) is 4.90. The lowest BCUT2D eigenvalue weighted by Gasteiger charge is -2.05. The van der Waals surface area contributed by atoms with Crippen LogP contribution in [0.4, 0.5) is 5.69 Å². The highest BCUT2D eigenvalue weighted by Gasteiger charge is 2.09. The number of ether oxygens (including phenoxy) is 1. The molecule has 2 aromatic rings. The van der Waals surface area contributed by atoms with E-state index in [-0.39, 0.29) is 11.6 Å². The molecule has 0 radical (unpaired) electrons. The van der Waals surface area contributed by atoms with Crippen LogP contribution in [0.5, 0.6) is 5.75 Å².